The molecule has 1 aromatic rings. The van der Waals surface area contributed by atoms with Gasteiger partial charge in [0.05, 0.1) is 12.2 Å². The van der Waals surface area contributed by atoms with Crippen LogP contribution in [0.15, 0.2) is 11.4 Å². The highest BCUT2D eigenvalue weighted by atomic mass is 32.1. The molecule has 1 aliphatic heterocycles. The van der Waals surface area contributed by atoms with E-state index in [4.69, 9.17) is 9.47 Å². The van der Waals surface area contributed by atoms with Gasteiger partial charge in [-0.2, -0.15) is 0 Å². The largest absolute Gasteiger partial charge is 0.451 e. The summed E-state index contributed by atoms with van der Waals surface area (Å²) in [7, 11) is 0. The summed E-state index contributed by atoms with van der Waals surface area (Å²) in [5, 5.41) is 1.83. The van der Waals surface area contributed by atoms with Crippen LogP contribution in [0.25, 0.3) is 0 Å². The lowest BCUT2D eigenvalue weighted by atomic mass is 10.2. The van der Waals surface area contributed by atoms with Crippen LogP contribution in [0, 0.1) is 6.92 Å². The Balaban J connectivity index is 1.86. The molecule has 5 nitrogen and oxygen atoms in total. The summed E-state index contributed by atoms with van der Waals surface area (Å²) in [6, 6.07) is 1.86. The second-order valence-electron chi connectivity index (χ2n) is 5.06. The lowest BCUT2D eigenvalue weighted by Crippen LogP contribution is -2.49. The number of aryl methyl sites for hydroxylation is 1. The lowest BCUT2D eigenvalue weighted by molar-refractivity contribution is -0.146. The van der Waals surface area contributed by atoms with Crippen molar-refractivity contribution in [3.8, 4) is 0 Å². The molecule has 0 aliphatic carbocycles. The Morgan fingerprint density at radius 1 is 1.40 bits per heavy atom. The Morgan fingerprint density at radius 2 is 2.05 bits per heavy atom. The SMILES string of the molecule is Cc1ccsc1C(=O)OCC(=O)N1C[C@H](C)O[C@@H](C)C1. The summed E-state index contributed by atoms with van der Waals surface area (Å²) in [6.07, 6.45) is 0.0240. The first-order valence-electron chi connectivity index (χ1n) is 6.62. The molecule has 20 heavy (non-hydrogen) atoms. The predicted octanol–water partition coefficient (Wildman–Crippen LogP) is 1.85. The fourth-order valence-electron chi connectivity index (χ4n) is 2.25. The van der Waals surface area contributed by atoms with E-state index in [1.54, 1.807) is 4.90 Å². The van der Waals surface area contributed by atoms with Crippen molar-refractivity contribution in [2.75, 3.05) is 19.7 Å². The minimum absolute atomic E-state index is 0.0120. The zero-order valence-corrected chi connectivity index (χ0v) is 12.7. The maximum Gasteiger partial charge on any atom is 0.349 e. The van der Waals surface area contributed by atoms with Crippen molar-refractivity contribution in [1.29, 1.82) is 0 Å². The van der Waals surface area contributed by atoms with Crippen molar-refractivity contribution in [3.05, 3.63) is 21.9 Å². The number of ether oxygens (including phenoxy) is 2. The second-order valence-corrected chi connectivity index (χ2v) is 5.98. The number of thiophene rings is 1. The molecule has 0 unspecified atom stereocenters. The quantitative estimate of drug-likeness (QED) is 0.799. The van der Waals surface area contributed by atoms with Crippen LogP contribution in [-0.4, -0.2) is 48.7 Å². The Morgan fingerprint density at radius 3 is 2.60 bits per heavy atom. The molecule has 0 aromatic carbocycles. The summed E-state index contributed by atoms with van der Waals surface area (Å²) >= 11 is 1.33. The molecule has 1 fully saturated rings. The molecule has 1 amide bonds. The van der Waals surface area contributed by atoms with Crippen molar-refractivity contribution in [3.63, 3.8) is 0 Å². The monoisotopic (exact) mass is 297 g/mol. The van der Waals surface area contributed by atoms with Gasteiger partial charge in [-0.25, -0.2) is 4.79 Å². The number of carbonyl (C=O) groups excluding carboxylic acids is 2. The number of carbonyl (C=O) groups is 2. The molecule has 0 spiro atoms. The molecule has 0 saturated carbocycles. The minimum atomic E-state index is -0.430. The highest BCUT2D eigenvalue weighted by molar-refractivity contribution is 7.12. The highest BCUT2D eigenvalue weighted by Crippen LogP contribution is 2.17. The van der Waals surface area contributed by atoms with Gasteiger partial charge >= 0.3 is 5.97 Å². The average Bonchev–Trinajstić information content (AvgIpc) is 2.80. The second kappa shape index (κ2) is 6.37. The number of rotatable bonds is 3. The molecule has 2 rings (SSSR count). The van der Waals surface area contributed by atoms with E-state index in [1.165, 1.54) is 11.3 Å². The molecule has 6 heteroatoms. The summed E-state index contributed by atoms with van der Waals surface area (Å²) in [5.41, 5.74) is 0.876. The van der Waals surface area contributed by atoms with Crippen LogP contribution in [0.3, 0.4) is 0 Å². The lowest BCUT2D eigenvalue weighted by Gasteiger charge is -2.35. The topological polar surface area (TPSA) is 55.8 Å². The van der Waals surface area contributed by atoms with Gasteiger partial charge in [0.15, 0.2) is 6.61 Å². The van der Waals surface area contributed by atoms with Crippen LogP contribution in [0.2, 0.25) is 0 Å². The normalized spacial score (nSPS) is 22.6. The number of amides is 1. The van der Waals surface area contributed by atoms with Crippen LogP contribution in [0.5, 0.6) is 0 Å². The van der Waals surface area contributed by atoms with Crippen LogP contribution in [0.1, 0.15) is 29.1 Å². The molecular weight excluding hydrogens is 278 g/mol. The number of esters is 1. The van der Waals surface area contributed by atoms with Gasteiger partial charge in [-0.05, 0) is 37.8 Å². The zero-order valence-electron chi connectivity index (χ0n) is 11.9. The maximum atomic E-state index is 12.0. The number of hydrogen-bond donors (Lipinski definition) is 0. The van der Waals surface area contributed by atoms with Crippen molar-refractivity contribution < 1.29 is 19.1 Å². The van der Waals surface area contributed by atoms with Gasteiger partial charge in [0.25, 0.3) is 5.91 Å². The predicted molar refractivity (Wildman–Crippen MR) is 75.9 cm³/mol. The molecule has 1 aromatic heterocycles. The first kappa shape index (κ1) is 15.0. The molecule has 0 N–H and O–H groups in total. The third kappa shape index (κ3) is 3.58. The van der Waals surface area contributed by atoms with E-state index in [0.29, 0.717) is 18.0 Å². The van der Waals surface area contributed by atoms with Gasteiger partial charge in [-0.1, -0.05) is 0 Å². The van der Waals surface area contributed by atoms with Crippen molar-refractivity contribution in [2.45, 2.75) is 33.0 Å². The fraction of sp³-hybridized carbons (Fsp3) is 0.571. The first-order valence-corrected chi connectivity index (χ1v) is 7.49. The molecule has 0 bridgehead atoms. The Hall–Kier alpha value is -1.40. The summed E-state index contributed by atoms with van der Waals surface area (Å²) in [5.74, 6) is -0.602. The van der Waals surface area contributed by atoms with Gasteiger partial charge < -0.3 is 14.4 Å². The molecular formula is C14H19NO4S. The van der Waals surface area contributed by atoms with Crippen molar-refractivity contribution in [2.24, 2.45) is 0 Å². The van der Waals surface area contributed by atoms with E-state index in [0.717, 1.165) is 5.56 Å². The Labute approximate surface area is 122 Å². The van der Waals surface area contributed by atoms with Gasteiger partial charge in [-0.15, -0.1) is 11.3 Å². The van der Waals surface area contributed by atoms with E-state index < -0.39 is 5.97 Å². The van der Waals surface area contributed by atoms with E-state index in [1.807, 2.05) is 32.2 Å². The number of morpholine rings is 1. The minimum Gasteiger partial charge on any atom is -0.451 e. The molecule has 2 atom stereocenters. The smallest absolute Gasteiger partial charge is 0.349 e. The Kier molecular flexibility index (Phi) is 4.77. The summed E-state index contributed by atoms with van der Waals surface area (Å²) in [6.45, 7) is 6.57. The van der Waals surface area contributed by atoms with Gasteiger partial charge in [0.1, 0.15) is 4.88 Å². The van der Waals surface area contributed by atoms with Crippen molar-refractivity contribution in [1.82, 2.24) is 4.90 Å². The molecule has 1 aliphatic rings. The number of hydrogen-bond acceptors (Lipinski definition) is 5. The van der Waals surface area contributed by atoms with Crippen LogP contribution < -0.4 is 0 Å². The molecule has 0 radical (unpaired) electrons. The molecule has 110 valence electrons. The van der Waals surface area contributed by atoms with Gasteiger partial charge in [-0.3, -0.25) is 4.79 Å². The zero-order chi connectivity index (χ0) is 14.7. The van der Waals surface area contributed by atoms with E-state index in [-0.39, 0.29) is 24.7 Å². The number of nitrogens with zero attached hydrogens (tertiary/aromatic N) is 1. The summed E-state index contributed by atoms with van der Waals surface area (Å²) in [4.78, 5) is 26.1. The fourth-order valence-corrected chi connectivity index (χ4v) is 3.06. The van der Waals surface area contributed by atoms with Gasteiger partial charge in [0, 0.05) is 13.1 Å². The molecule has 1 saturated heterocycles. The molecule has 2 heterocycles. The van der Waals surface area contributed by atoms with Gasteiger partial charge in [0.2, 0.25) is 0 Å². The maximum absolute atomic E-state index is 12.0. The van der Waals surface area contributed by atoms with Crippen LogP contribution in [-0.2, 0) is 14.3 Å². The van der Waals surface area contributed by atoms with Crippen molar-refractivity contribution >= 4 is 23.2 Å². The highest BCUT2D eigenvalue weighted by Gasteiger charge is 2.26. The third-order valence-corrected chi connectivity index (χ3v) is 4.14. The third-order valence-electron chi connectivity index (χ3n) is 3.15. The standard InChI is InChI=1S/C14H19NO4S/c1-9-4-5-20-13(9)14(17)18-8-12(16)15-6-10(2)19-11(3)7-15/h4-5,10-11H,6-8H2,1-3H3/t10-,11-/m0/s1. The van der Waals surface area contributed by atoms with E-state index in [9.17, 15) is 9.59 Å². The van der Waals surface area contributed by atoms with E-state index >= 15 is 0 Å². The Bertz CT molecular complexity index is 489. The van der Waals surface area contributed by atoms with E-state index in [2.05, 4.69) is 0 Å². The first-order chi connectivity index (χ1) is 9.47. The average molecular weight is 297 g/mol. The van der Waals surface area contributed by atoms with Crippen LogP contribution in [0.4, 0.5) is 0 Å². The van der Waals surface area contributed by atoms with Crippen LogP contribution >= 0.6 is 11.3 Å². The summed E-state index contributed by atoms with van der Waals surface area (Å²) < 4.78 is 10.7.